The highest BCUT2D eigenvalue weighted by molar-refractivity contribution is 5.72. The fourth-order valence-electron chi connectivity index (χ4n) is 2.18. The average Bonchev–Trinajstić information content (AvgIpc) is 2.51. The first-order chi connectivity index (χ1) is 11.4. The zero-order chi connectivity index (χ0) is 18.4. The number of rotatable bonds is 16. The molecule has 0 aromatic heterocycles. The summed E-state index contributed by atoms with van der Waals surface area (Å²) in [6.45, 7) is 6.94. The van der Waals surface area contributed by atoms with Crippen molar-refractivity contribution < 1.29 is 34.0 Å². The zero-order valence-corrected chi connectivity index (χ0v) is 15.1. The number of ether oxygens (including phenoxy) is 3. The van der Waals surface area contributed by atoms with Gasteiger partial charge in [-0.1, -0.05) is 26.7 Å². The van der Waals surface area contributed by atoms with Crippen molar-refractivity contribution in [1.29, 1.82) is 0 Å². The van der Waals surface area contributed by atoms with Crippen LogP contribution in [0.4, 0.5) is 0 Å². The van der Waals surface area contributed by atoms with Crippen LogP contribution >= 0.6 is 0 Å². The Bertz CT molecular complexity index is 347. The first-order valence-corrected chi connectivity index (χ1v) is 8.77. The molecular weight excluding hydrogens is 316 g/mol. The summed E-state index contributed by atoms with van der Waals surface area (Å²) in [7, 11) is 0. The molecular formula is C17H32O7. The molecule has 142 valence electrons. The van der Waals surface area contributed by atoms with E-state index in [4.69, 9.17) is 19.3 Å². The monoisotopic (exact) mass is 348 g/mol. The van der Waals surface area contributed by atoms with Gasteiger partial charge >= 0.3 is 11.9 Å². The molecule has 7 nitrogen and oxygen atoms in total. The summed E-state index contributed by atoms with van der Waals surface area (Å²) in [5, 5.41) is 18.2. The third-order valence-electron chi connectivity index (χ3n) is 3.56. The van der Waals surface area contributed by atoms with Crippen molar-refractivity contribution in [1.82, 2.24) is 0 Å². The molecule has 0 heterocycles. The van der Waals surface area contributed by atoms with Crippen LogP contribution in [-0.4, -0.2) is 47.9 Å². The minimum absolute atomic E-state index is 0.00770. The lowest BCUT2D eigenvalue weighted by atomic mass is 9.98. The number of carboxylic acid groups (broad SMARTS) is 2. The van der Waals surface area contributed by atoms with Crippen LogP contribution in [0.5, 0.6) is 0 Å². The number of carbonyl (C=O) groups is 2. The van der Waals surface area contributed by atoms with Crippen molar-refractivity contribution >= 4 is 11.9 Å². The topological polar surface area (TPSA) is 102 Å². The smallest absolute Gasteiger partial charge is 0.306 e. The second kappa shape index (κ2) is 13.1. The summed E-state index contributed by atoms with van der Waals surface area (Å²) in [5.41, 5.74) is 0. The SMILES string of the molecule is CCCCOC(CC(CCC(=O)O)C(=O)O)(OCC)OCCCC. The van der Waals surface area contributed by atoms with Crippen LogP contribution < -0.4 is 0 Å². The van der Waals surface area contributed by atoms with E-state index in [1.165, 1.54) is 0 Å². The second-order valence-electron chi connectivity index (χ2n) is 5.69. The van der Waals surface area contributed by atoms with Crippen LogP contribution in [0.15, 0.2) is 0 Å². The molecule has 1 unspecified atom stereocenters. The summed E-state index contributed by atoms with van der Waals surface area (Å²) in [6, 6.07) is 0. The molecule has 0 rings (SSSR count). The summed E-state index contributed by atoms with van der Waals surface area (Å²) >= 11 is 0. The van der Waals surface area contributed by atoms with Gasteiger partial charge in [0.15, 0.2) is 0 Å². The van der Waals surface area contributed by atoms with Gasteiger partial charge < -0.3 is 24.4 Å². The van der Waals surface area contributed by atoms with Crippen LogP contribution in [0.2, 0.25) is 0 Å². The number of hydrogen-bond donors (Lipinski definition) is 2. The Kier molecular flexibility index (Phi) is 12.5. The Morgan fingerprint density at radius 3 is 1.88 bits per heavy atom. The maximum atomic E-state index is 11.5. The molecule has 7 heteroatoms. The zero-order valence-electron chi connectivity index (χ0n) is 15.1. The van der Waals surface area contributed by atoms with Crippen LogP contribution in [0.25, 0.3) is 0 Å². The van der Waals surface area contributed by atoms with E-state index in [9.17, 15) is 14.7 Å². The minimum atomic E-state index is -1.43. The van der Waals surface area contributed by atoms with Gasteiger partial charge in [0, 0.05) is 19.4 Å². The lowest BCUT2D eigenvalue weighted by Gasteiger charge is -2.35. The molecule has 24 heavy (non-hydrogen) atoms. The van der Waals surface area contributed by atoms with E-state index in [0.29, 0.717) is 19.8 Å². The van der Waals surface area contributed by atoms with E-state index in [2.05, 4.69) is 0 Å². The lowest BCUT2D eigenvalue weighted by molar-refractivity contribution is -0.386. The van der Waals surface area contributed by atoms with Gasteiger partial charge in [-0.25, -0.2) is 0 Å². The predicted octanol–water partition coefficient (Wildman–Crippen LogP) is 3.27. The molecule has 0 aliphatic rings. The quantitative estimate of drug-likeness (QED) is 0.326. The molecule has 2 N–H and O–H groups in total. The molecule has 0 bridgehead atoms. The highest BCUT2D eigenvalue weighted by Gasteiger charge is 2.39. The summed E-state index contributed by atoms with van der Waals surface area (Å²) in [6.07, 6.45) is 3.22. The molecule has 0 saturated heterocycles. The van der Waals surface area contributed by atoms with E-state index >= 15 is 0 Å². The number of aliphatic carboxylic acids is 2. The van der Waals surface area contributed by atoms with Crippen molar-refractivity contribution in [2.75, 3.05) is 19.8 Å². The fraction of sp³-hybridized carbons (Fsp3) is 0.882. The van der Waals surface area contributed by atoms with Crippen LogP contribution in [0.1, 0.15) is 65.7 Å². The normalized spacial score (nSPS) is 13.0. The van der Waals surface area contributed by atoms with Crippen LogP contribution in [0, 0.1) is 5.92 Å². The van der Waals surface area contributed by atoms with Crippen molar-refractivity contribution in [3.8, 4) is 0 Å². The van der Waals surface area contributed by atoms with Crippen LogP contribution in [-0.2, 0) is 23.8 Å². The van der Waals surface area contributed by atoms with Gasteiger partial charge in [-0.15, -0.1) is 0 Å². The van der Waals surface area contributed by atoms with Gasteiger partial charge in [-0.2, -0.15) is 0 Å². The predicted molar refractivity (Wildman–Crippen MR) is 88.7 cm³/mol. The van der Waals surface area contributed by atoms with Gasteiger partial charge in [0.1, 0.15) is 0 Å². The largest absolute Gasteiger partial charge is 0.481 e. The Labute approximate surface area is 144 Å². The molecule has 0 fully saturated rings. The van der Waals surface area contributed by atoms with Crippen LogP contribution in [0.3, 0.4) is 0 Å². The van der Waals surface area contributed by atoms with Gasteiger partial charge in [0.25, 0.3) is 5.97 Å². The maximum absolute atomic E-state index is 11.5. The Hall–Kier alpha value is -1.18. The molecule has 0 aromatic rings. The third kappa shape index (κ3) is 9.85. The standard InChI is InChI=1S/C17H32O7/c1-4-7-11-23-17(22-6-3,24-12-8-5-2)13-14(16(20)21)9-10-15(18)19/h14H,4-13H2,1-3H3,(H,18,19)(H,20,21). The Balaban J connectivity index is 5.10. The van der Waals surface area contributed by atoms with Gasteiger partial charge in [-0.05, 0) is 26.2 Å². The van der Waals surface area contributed by atoms with Gasteiger partial charge in [0.2, 0.25) is 0 Å². The number of unbranched alkanes of at least 4 members (excludes halogenated alkanes) is 2. The van der Waals surface area contributed by atoms with Crippen molar-refractivity contribution in [3.63, 3.8) is 0 Å². The summed E-state index contributed by atoms with van der Waals surface area (Å²) in [4.78, 5) is 22.2. The van der Waals surface area contributed by atoms with E-state index in [1.807, 2.05) is 13.8 Å². The van der Waals surface area contributed by atoms with Crippen molar-refractivity contribution in [3.05, 3.63) is 0 Å². The van der Waals surface area contributed by atoms with E-state index in [0.717, 1.165) is 25.7 Å². The maximum Gasteiger partial charge on any atom is 0.306 e. The highest BCUT2D eigenvalue weighted by atomic mass is 16.9. The molecule has 0 aliphatic heterocycles. The Morgan fingerprint density at radius 2 is 1.50 bits per heavy atom. The lowest BCUT2D eigenvalue weighted by Crippen LogP contribution is -2.43. The highest BCUT2D eigenvalue weighted by Crippen LogP contribution is 2.28. The number of hydrogen-bond acceptors (Lipinski definition) is 5. The van der Waals surface area contributed by atoms with E-state index in [-0.39, 0.29) is 19.3 Å². The van der Waals surface area contributed by atoms with Crippen molar-refractivity contribution in [2.45, 2.75) is 71.7 Å². The molecule has 0 saturated carbocycles. The number of carboxylic acids is 2. The molecule has 0 amide bonds. The minimum Gasteiger partial charge on any atom is -0.481 e. The summed E-state index contributed by atoms with van der Waals surface area (Å²) in [5.74, 6) is -4.43. The molecule has 0 aliphatic carbocycles. The Morgan fingerprint density at radius 1 is 0.958 bits per heavy atom. The van der Waals surface area contributed by atoms with E-state index in [1.54, 1.807) is 6.92 Å². The average molecular weight is 348 g/mol. The second-order valence-corrected chi connectivity index (χ2v) is 5.69. The van der Waals surface area contributed by atoms with Crippen molar-refractivity contribution in [2.24, 2.45) is 5.92 Å². The molecule has 0 spiro atoms. The molecule has 0 radical (unpaired) electrons. The van der Waals surface area contributed by atoms with Gasteiger partial charge in [-0.3, -0.25) is 9.59 Å². The first-order valence-electron chi connectivity index (χ1n) is 8.77. The third-order valence-corrected chi connectivity index (χ3v) is 3.56. The first kappa shape index (κ1) is 22.8. The summed E-state index contributed by atoms with van der Waals surface area (Å²) < 4.78 is 17.2. The molecule has 0 aromatic carbocycles. The van der Waals surface area contributed by atoms with E-state index < -0.39 is 23.8 Å². The van der Waals surface area contributed by atoms with Gasteiger partial charge in [0.05, 0.1) is 19.1 Å². The molecule has 1 atom stereocenters. The fourth-order valence-corrected chi connectivity index (χ4v) is 2.18.